The molecule has 0 bridgehead atoms. The summed E-state index contributed by atoms with van der Waals surface area (Å²) in [5.41, 5.74) is 4.11. The second kappa shape index (κ2) is 3.76. The van der Waals surface area contributed by atoms with Crippen LogP contribution in [0.1, 0.15) is 16.8 Å². The molecular formula is C10H17NO. The Balaban J connectivity index is 2.79. The highest BCUT2D eigenvalue weighted by atomic mass is 16.5. The first-order chi connectivity index (χ1) is 5.66. The summed E-state index contributed by atoms with van der Waals surface area (Å²) in [6, 6.07) is 0. The van der Waals surface area contributed by atoms with E-state index in [4.69, 9.17) is 4.74 Å². The van der Waals surface area contributed by atoms with Gasteiger partial charge in [-0.2, -0.15) is 0 Å². The van der Waals surface area contributed by atoms with Crippen LogP contribution >= 0.6 is 0 Å². The maximum atomic E-state index is 5.03. The Morgan fingerprint density at radius 1 is 1.33 bits per heavy atom. The fraction of sp³-hybridized carbons (Fsp3) is 0.600. The van der Waals surface area contributed by atoms with Gasteiger partial charge in [0.2, 0.25) is 0 Å². The zero-order valence-electron chi connectivity index (χ0n) is 8.35. The number of aryl methyl sites for hydroxylation is 1. The third kappa shape index (κ3) is 1.69. The minimum absolute atomic E-state index is 0.786. The summed E-state index contributed by atoms with van der Waals surface area (Å²) < 4.78 is 7.27. The van der Waals surface area contributed by atoms with Crippen molar-refractivity contribution in [3.63, 3.8) is 0 Å². The quantitative estimate of drug-likeness (QED) is 0.672. The van der Waals surface area contributed by atoms with Gasteiger partial charge in [-0.15, -0.1) is 0 Å². The molecule has 1 heterocycles. The molecule has 1 rings (SSSR count). The zero-order valence-corrected chi connectivity index (χ0v) is 8.35. The smallest absolute Gasteiger partial charge is 0.0641 e. The van der Waals surface area contributed by atoms with Crippen LogP contribution in [0.15, 0.2) is 6.20 Å². The van der Waals surface area contributed by atoms with Gasteiger partial charge in [-0.3, -0.25) is 0 Å². The SMILES string of the molecule is COCCn1cc(C)c(C)c1C. The Hall–Kier alpha value is -0.760. The van der Waals surface area contributed by atoms with Gasteiger partial charge in [0.25, 0.3) is 0 Å². The molecule has 2 nitrogen and oxygen atoms in total. The number of aromatic nitrogens is 1. The minimum atomic E-state index is 0.786. The molecule has 0 fully saturated rings. The van der Waals surface area contributed by atoms with Gasteiger partial charge in [0, 0.05) is 25.5 Å². The lowest BCUT2D eigenvalue weighted by atomic mass is 10.2. The molecule has 0 saturated carbocycles. The van der Waals surface area contributed by atoms with Crippen LogP contribution in [0.4, 0.5) is 0 Å². The Morgan fingerprint density at radius 2 is 2.00 bits per heavy atom. The molecule has 0 aliphatic carbocycles. The molecule has 0 radical (unpaired) electrons. The predicted molar refractivity (Wildman–Crippen MR) is 50.5 cm³/mol. The van der Waals surface area contributed by atoms with Crippen molar-refractivity contribution in [1.29, 1.82) is 0 Å². The first-order valence-corrected chi connectivity index (χ1v) is 4.28. The van der Waals surface area contributed by atoms with Crippen molar-refractivity contribution in [1.82, 2.24) is 4.57 Å². The van der Waals surface area contributed by atoms with Crippen LogP contribution < -0.4 is 0 Å². The summed E-state index contributed by atoms with van der Waals surface area (Å²) in [7, 11) is 1.73. The molecule has 0 amide bonds. The molecular weight excluding hydrogens is 150 g/mol. The van der Waals surface area contributed by atoms with E-state index in [1.165, 1.54) is 16.8 Å². The summed E-state index contributed by atoms with van der Waals surface area (Å²) in [5, 5.41) is 0. The van der Waals surface area contributed by atoms with E-state index in [0.29, 0.717) is 0 Å². The predicted octanol–water partition coefficient (Wildman–Crippen LogP) is 2.06. The Labute approximate surface area is 74.2 Å². The molecule has 0 spiro atoms. The highest BCUT2D eigenvalue weighted by molar-refractivity contribution is 5.28. The monoisotopic (exact) mass is 167 g/mol. The van der Waals surface area contributed by atoms with E-state index in [9.17, 15) is 0 Å². The summed E-state index contributed by atoms with van der Waals surface area (Å²) in [5.74, 6) is 0. The van der Waals surface area contributed by atoms with Crippen LogP contribution in [0.2, 0.25) is 0 Å². The van der Waals surface area contributed by atoms with Crippen molar-refractivity contribution in [3.05, 3.63) is 23.0 Å². The van der Waals surface area contributed by atoms with Crippen molar-refractivity contribution in [2.45, 2.75) is 27.3 Å². The fourth-order valence-corrected chi connectivity index (χ4v) is 1.35. The van der Waals surface area contributed by atoms with Gasteiger partial charge in [0.05, 0.1) is 6.61 Å². The van der Waals surface area contributed by atoms with Crippen LogP contribution in [0.5, 0.6) is 0 Å². The van der Waals surface area contributed by atoms with Gasteiger partial charge < -0.3 is 9.30 Å². The summed E-state index contributed by atoms with van der Waals surface area (Å²) in [6.45, 7) is 8.20. The number of ether oxygens (including phenoxy) is 1. The molecule has 2 heteroatoms. The van der Waals surface area contributed by atoms with Crippen LogP contribution in [0.25, 0.3) is 0 Å². The normalized spacial score (nSPS) is 10.7. The maximum absolute atomic E-state index is 5.03. The van der Waals surface area contributed by atoms with E-state index in [-0.39, 0.29) is 0 Å². The number of hydrogen-bond donors (Lipinski definition) is 0. The molecule has 68 valence electrons. The number of rotatable bonds is 3. The lowest BCUT2D eigenvalue weighted by Crippen LogP contribution is -2.04. The molecule has 0 aliphatic rings. The third-order valence-corrected chi connectivity index (χ3v) is 2.45. The van der Waals surface area contributed by atoms with Crippen molar-refractivity contribution >= 4 is 0 Å². The number of hydrogen-bond acceptors (Lipinski definition) is 1. The lowest BCUT2D eigenvalue weighted by Gasteiger charge is -2.04. The van der Waals surface area contributed by atoms with Gasteiger partial charge in [0.15, 0.2) is 0 Å². The Kier molecular flexibility index (Phi) is 2.93. The van der Waals surface area contributed by atoms with Crippen molar-refractivity contribution < 1.29 is 4.74 Å². The molecule has 0 aromatic carbocycles. The Morgan fingerprint density at radius 3 is 2.42 bits per heavy atom. The van der Waals surface area contributed by atoms with Crippen LogP contribution in [-0.4, -0.2) is 18.3 Å². The average molecular weight is 167 g/mol. The third-order valence-electron chi connectivity index (χ3n) is 2.45. The maximum Gasteiger partial charge on any atom is 0.0641 e. The van der Waals surface area contributed by atoms with Crippen LogP contribution in [0.3, 0.4) is 0 Å². The molecule has 0 N–H and O–H groups in total. The zero-order chi connectivity index (χ0) is 9.14. The minimum Gasteiger partial charge on any atom is -0.383 e. The van der Waals surface area contributed by atoms with E-state index in [2.05, 4.69) is 31.5 Å². The van der Waals surface area contributed by atoms with Gasteiger partial charge in [-0.1, -0.05) is 0 Å². The topological polar surface area (TPSA) is 14.2 Å². The first kappa shape index (κ1) is 9.33. The number of nitrogens with zero attached hydrogens (tertiary/aromatic N) is 1. The summed E-state index contributed by atoms with van der Waals surface area (Å²) in [4.78, 5) is 0. The molecule has 1 aromatic heterocycles. The van der Waals surface area contributed by atoms with E-state index in [1.807, 2.05) is 0 Å². The van der Waals surface area contributed by atoms with E-state index in [0.717, 1.165) is 13.2 Å². The number of methoxy groups -OCH3 is 1. The van der Waals surface area contributed by atoms with Crippen molar-refractivity contribution in [2.24, 2.45) is 0 Å². The lowest BCUT2D eigenvalue weighted by molar-refractivity contribution is 0.187. The van der Waals surface area contributed by atoms with E-state index >= 15 is 0 Å². The van der Waals surface area contributed by atoms with E-state index < -0.39 is 0 Å². The summed E-state index contributed by atoms with van der Waals surface area (Å²) in [6.07, 6.45) is 2.18. The van der Waals surface area contributed by atoms with Gasteiger partial charge in [0.1, 0.15) is 0 Å². The first-order valence-electron chi connectivity index (χ1n) is 4.28. The standard InChI is InChI=1S/C10H17NO/c1-8-7-11(5-6-12-4)10(3)9(8)2/h7H,5-6H2,1-4H3. The second-order valence-electron chi connectivity index (χ2n) is 3.21. The van der Waals surface area contributed by atoms with Gasteiger partial charge in [-0.25, -0.2) is 0 Å². The molecule has 0 unspecified atom stereocenters. The Bertz CT molecular complexity index is 263. The highest BCUT2D eigenvalue weighted by Crippen LogP contribution is 2.13. The van der Waals surface area contributed by atoms with Gasteiger partial charge in [-0.05, 0) is 31.9 Å². The molecule has 12 heavy (non-hydrogen) atoms. The molecule has 0 atom stereocenters. The highest BCUT2D eigenvalue weighted by Gasteiger charge is 2.03. The summed E-state index contributed by atoms with van der Waals surface area (Å²) >= 11 is 0. The van der Waals surface area contributed by atoms with Crippen molar-refractivity contribution in [2.75, 3.05) is 13.7 Å². The molecule has 0 aliphatic heterocycles. The van der Waals surface area contributed by atoms with Crippen molar-refractivity contribution in [3.8, 4) is 0 Å². The van der Waals surface area contributed by atoms with E-state index in [1.54, 1.807) is 7.11 Å². The van der Waals surface area contributed by atoms with Gasteiger partial charge >= 0.3 is 0 Å². The molecule has 0 saturated heterocycles. The largest absolute Gasteiger partial charge is 0.383 e. The molecule has 1 aromatic rings. The fourth-order valence-electron chi connectivity index (χ4n) is 1.35. The second-order valence-corrected chi connectivity index (χ2v) is 3.21. The average Bonchev–Trinajstić information content (AvgIpc) is 2.30. The van der Waals surface area contributed by atoms with Crippen LogP contribution in [0, 0.1) is 20.8 Å². The van der Waals surface area contributed by atoms with Crippen LogP contribution in [-0.2, 0) is 11.3 Å².